The Hall–Kier alpha value is -1.15. The summed E-state index contributed by atoms with van der Waals surface area (Å²) in [5.74, 6) is -0.188. The molecular weight excluding hydrogens is 200 g/mol. The predicted octanol–water partition coefficient (Wildman–Crippen LogP) is 3.12. The molecule has 2 atom stereocenters. The molecule has 1 aromatic rings. The molecule has 0 aliphatic heterocycles. The van der Waals surface area contributed by atoms with Gasteiger partial charge in [-0.25, -0.2) is 0 Å². The van der Waals surface area contributed by atoms with Gasteiger partial charge in [-0.1, -0.05) is 50.1 Å². The second-order valence-corrected chi connectivity index (χ2v) is 4.21. The Morgan fingerprint density at radius 1 is 1.31 bits per heavy atom. The molecule has 0 aromatic heterocycles. The van der Waals surface area contributed by atoms with Crippen LogP contribution in [0, 0.1) is 5.92 Å². The van der Waals surface area contributed by atoms with E-state index >= 15 is 0 Å². The third kappa shape index (κ3) is 3.46. The summed E-state index contributed by atoms with van der Waals surface area (Å²) >= 11 is 0. The zero-order valence-electron chi connectivity index (χ0n) is 10.0. The van der Waals surface area contributed by atoms with Crippen LogP contribution in [0.25, 0.3) is 0 Å². The number of hydrogen-bond acceptors (Lipinski definition) is 2. The normalized spacial score (nSPS) is 14.4. The fourth-order valence-corrected chi connectivity index (χ4v) is 1.89. The summed E-state index contributed by atoms with van der Waals surface area (Å²) in [6, 6.07) is 9.41. The lowest BCUT2D eigenvalue weighted by Crippen LogP contribution is -2.20. The summed E-state index contributed by atoms with van der Waals surface area (Å²) in [4.78, 5) is 11.5. The van der Waals surface area contributed by atoms with Crippen LogP contribution >= 0.6 is 0 Å². The molecule has 0 aliphatic rings. The summed E-state index contributed by atoms with van der Waals surface area (Å²) in [7, 11) is 0. The van der Waals surface area contributed by atoms with Crippen molar-refractivity contribution in [2.45, 2.75) is 39.2 Å². The van der Waals surface area contributed by atoms with Gasteiger partial charge in [-0.3, -0.25) is 4.79 Å². The van der Waals surface area contributed by atoms with Crippen LogP contribution in [0.5, 0.6) is 0 Å². The highest BCUT2D eigenvalue weighted by Crippen LogP contribution is 2.26. The Kier molecular flexibility index (Phi) is 5.20. The molecule has 0 bridgehead atoms. The van der Waals surface area contributed by atoms with Crippen LogP contribution in [0.2, 0.25) is 0 Å². The minimum atomic E-state index is -0.662. The van der Waals surface area contributed by atoms with Crippen LogP contribution < -0.4 is 0 Å². The number of aliphatic hydroxyl groups is 1. The van der Waals surface area contributed by atoms with Gasteiger partial charge >= 0.3 is 0 Å². The number of carbonyl (C=O) groups is 1. The van der Waals surface area contributed by atoms with E-state index in [1.54, 1.807) is 6.92 Å². The number of unbranched alkanes of at least 4 members (excludes halogenated alkanes) is 1. The highest BCUT2D eigenvalue weighted by atomic mass is 16.3. The van der Waals surface area contributed by atoms with Crippen LogP contribution in [-0.4, -0.2) is 10.9 Å². The standard InChI is InChI=1S/C14H20O2/c1-3-4-10-13(11(2)15)14(16)12-8-6-5-7-9-12/h5-9,13-14,16H,3-4,10H2,1-2H3/t13-,14-/m1/s1. The van der Waals surface area contributed by atoms with E-state index in [0.717, 1.165) is 24.8 Å². The topological polar surface area (TPSA) is 37.3 Å². The minimum Gasteiger partial charge on any atom is -0.388 e. The van der Waals surface area contributed by atoms with Crippen molar-refractivity contribution in [1.82, 2.24) is 0 Å². The number of hydrogen-bond donors (Lipinski definition) is 1. The van der Waals surface area contributed by atoms with E-state index in [1.165, 1.54) is 0 Å². The molecule has 88 valence electrons. The first-order valence-corrected chi connectivity index (χ1v) is 5.90. The van der Waals surface area contributed by atoms with Crippen LogP contribution in [-0.2, 0) is 4.79 Å². The van der Waals surface area contributed by atoms with Gasteiger partial charge in [-0.2, -0.15) is 0 Å². The average Bonchev–Trinajstić information content (AvgIpc) is 2.30. The first-order chi connectivity index (χ1) is 7.66. The summed E-state index contributed by atoms with van der Waals surface area (Å²) < 4.78 is 0. The van der Waals surface area contributed by atoms with Gasteiger partial charge in [0, 0.05) is 5.92 Å². The number of carbonyl (C=O) groups excluding carboxylic acids is 1. The smallest absolute Gasteiger partial charge is 0.135 e. The highest BCUT2D eigenvalue weighted by Gasteiger charge is 2.24. The van der Waals surface area contributed by atoms with E-state index < -0.39 is 6.10 Å². The third-order valence-electron chi connectivity index (χ3n) is 2.91. The molecular formula is C14H20O2. The Morgan fingerprint density at radius 2 is 1.94 bits per heavy atom. The predicted molar refractivity (Wildman–Crippen MR) is 65.1 cm³/mol. The molecule has 1 rings (SSSR count). The van der Waals surface area contributed by atoms with Crippen molar-refractivity contribution in [2.24, 2.45) is 5.92 Å². The number of rotatable bonds is 6. The number of aliphatic hydroxyl groups excluding tert-OH is 1. The summed E-state index contributed by atoms with van der Waals surface area (Å²) in [5.41, 5.74) is 0.832. The van der Waals surface area contributed by atoms with Gasteiger partial charge in [-0.15, -0.1) is 0 Å². The molecule has 2 nitrogen and oxygen atoms in total. The highest BCUT2D eigenvalue weighted by molar-refractivity contribution is 5.79. The molecule has 0 aliphatic carbocycles. The van der Waals surface area contributed by atoms with Crippen molar-refractivity contribution in [1.29, 1.82) is 0 Å². The van der Waals surface area contributed by atoms with Crippen LogP contribution in [0.15, 0.2) is 30.3 Å². The van der Waals surface area contributed by atoms with Crippen molar-refractivity contribution >= 4 is 5.78 Å². The molecule has 0 saturated heterocycles. The Morgan fingerprint density at radius 3 is 2.44 bits per heavy atom. The number of ketones is 1. The van der Waals surface area contributed by atoms with E-state index in [4.69, 9.17) is 0 Å². The molecule has 2 heteroatoms. The summed E-state index contributed by atoms with van der Waals surface area (Å²) in [5, 5.41) is 10.2. The Bertz CT molecular complexity index is 319. The Balaban J connectivity index is 2.75. The second-order valence-electron chi connectivity index (χ2n) is 4.21. The van der Waals surface area contributed by atoms with E-state index in [1.807, 2.05) is 30.3 Å². The molecule has 0 radical (unpaired) electrons. The Labute approximate surface area is 97.3 Å². The van der Waals surface area contributed by atoms with Gasteiger partial charge in [0.1, 0.15) is 5.78 Å². The quantitative estimate of drug-likeness (QED) is 0.799. The van der Waals surface area contributed by atoms with Gasteiger partial charge < -0.3 is 5.11 Å². The van der Waals surface area contributed by atoms with Crippen molar-refractivity contribution in [3.63, 3.8) is 0 Å². The van der Waals surface area contributed by atoms with Crippen LogP contribution in [0.3, 0.4) is 0 Å². The van der Waals surface area contributed by atoms with E-state index in [-0.39, 0.29) is 11.7 Å². The second kappa shape index (κ2) is 6.44. The van der Waals surface area contributed by atoms with Crippen molar-refractivity contribution in [2.75, 3.05) is 0 Å². The van der Waals surface area contributed by atoms with Gasteiger partial charge in [0.15, 0.2) is 0 Å². The lowest BCUT2D eigenvalue weighted by Gasteiger charge is -2.20. The average molecular weight is 220 g/mol. The molecule has 0 unspecified atom stereocenters. The van der Waals surface area contributed by atoms with Gasteiger partial charge in [0.05, 0.1) is 6.10 Å². The fourth-order valence-electron chi connectivity index (χ4n) is 1.89. The van der Waals surface area contributed by atoms with Crippen LogP contribution in [0.1, 0.15) is 44.8 Å². The SMILES string of the molecule is CCCC[C@H](C(C)=O)[C@H](O)c1ccccc1. The van der Waals surface area contributed by atoms with Crippen molar-refractivity contribution < 1.29 is 9.90 Å². The van der Waals surface area contributed by atoms with Gasteiger partial charge in [0.25, 0.3) is 0 Å². The lowest BCUT2D eigenvalue weighted by atomic mass is 9.88. The van der Waals surface area contributed by atoms with Gasteiger partial charge in [0.2, 0.25) is 0 Å². The molecule has 1 aromatic carbocycles. The third-order valence-corrected chi connectivity index (χ3v) is 2.91. The minimum absolute atomic E-state index is 0.0739. The first kappa shape index (κ1) is 12.9. The molecule has 0 amide bonds. The van der Waals surface area contributed by atoms with Crippen molar-refractivity contribution in [3.05, 3.63) is 35.9 Å². The van der Waals surface area contributed by atoms with Gasteiger partial charge in [-0.05, 0) is 18.9 Å². The maximum atomic E-state index is 11.5. The molecule has 0 heterocycles. The zero-order valence-corrected chi connectivity index (χ0v) is 10.0. The molecule has 0 saturated carbocycles. The molecule has 1 N–H and O–H groups in total. The maximum Gasteiger partial charge on any atom is 0.135 e. The maximum absolute atomic E-state index is 11.5. The van der Waals surface area contributed by atoms with Crippen LogP contribution in [0.4, 0.5) is 0 Å². The molecule has 16 heavy (non-hydrogen) atoms. The summed E-state index contributed by atoms with van der Waals surface area (Å²) in [6.45, 7) is 3.65. The summed E-state index contributed by atoms with van der Waals surface area (Å²) in [6.07, 6.45) is 2.13. The monoisotopic (exact) mass is 220 g/mol. The van der Waals surface area contributed by atoms with Crippen molar-refractivity contribution in [3.8, 4) is 0 Å². The number of Topliss-reactive ketones (excluding diaryl/α,β-unsaturated/α-hetero) is 1. The van der Waals surface area contributed by atoms with E-state index in [0.29, 0.717) is 0 Å². The van der Waals surface area contributed by atoms with E-state index in [2.05, 4.69) is 6.92 Å². The largest absolute Gasteiger partial charge is 0.388 e. The van der Waals surface area contributed by atoms with E-state index in [9.17, 15) is 9.90 Å². The zero-order chi connectivity index (χ0) is 12.0. The fraction of sp³-hybridized carbons (Fsp3) is 0.500. The molecule has 0 spiro atoms. The first-order valence-electron chi connectivity index (χ1n) is 5.90. The lowest BCUT2D eigenvalue weighted by molar-refractivity contribution is -0.124. The molecule has 0 fully saturated rings. The number of benzene rings is 1.